The topological polar surface area (TPSA) is 27.7 Å². The van der Waals surface area contributed by atoms with Gasteiger partial charge in [0.25, 0.3) is 0 Å². The Balaban J connectivity index is 1.70. The summed E-state index contributed by atoms with van der Waals surface area (Å²) in [6.07, 6.45) is 0. The molecule has 7 heteroatoms. The Bertz CT molecular complexity index is 492. The first-order chi connectivity index (χ1) is 9.40. The summed E-state index contributed by atoms with van der Waals surface area (Å²) >= 11 is 4.55. The summed E-state index contributed by atoms with van der Waals surface area (Å²) in [5.74, 6) is 0. The number of hydrogen-bond donors (Lipinski definition) is 0. The van der Waals surface area contributed by atoms with Gasteiger partial charge in [0.2, 0.25) is 0 Å². The third-order valence-corrected chi connectivity index (χ3v) is 5.62. The van der Waals surface area contributed by atoms with E-state index in [4.69, 9.17) is 13.6 Å². The molecule has 98 valence electrons. The van der Waals surface area contributed by atoms with Crippen molar-refractivity contribution >= 4 is 42.6 Å². The molecule has 0 aliphatic carbocycles. The van der Waals surface area contributed by atoms with Crippen LogP contribution in [0.2, 0.25) is 0 Å². The van der Waals surface area contributed by atoms with Crippen LogP contribution in [0.25, 0.3) is 0 Å². The Kier molecular flexibility index (Phi) is 4.35. The molecule has 0 saturated carbocycles. The summed E-state index contributed by atoms with van der Waals surface area (Å²) in [5.41, 5.74) is 0. The first-order valence-corrected chi connectivity index (χ1v) is 9.08. The highest BCUT2D eigenvalue weighted by Crippen LogP contribution is 2.45. The molecule has 3 aromatic rings. The standard InChI is InChI=1S/C12H9O3PS3/c1-4-10(17-7-1)13-16(14-11-5-2-8-18-11)15-12-6-3-9-19-12/h1-9H. The summed E-state index contributed by atoms with van der Waals surface area (Å²) in [6.45, 7) is 0. The van der Waals surface area contributed by atoms with Gasteiger partial charge >= 0.3 is 8.60 Å². The number of thiophene rings is 3. The van der Waals surface area contributed by atoms with Crippen LogP contribution >= 0.6 is 42.6 Å². The number of rotatable bonds is 6. The fourth-order valence-electron chi connectivity index (χ4n) is 1.22. The lowest BCUT2D eigenvalue weighted by Crippen LogP contribution is -1.99. The zero-order chi connectivity index (χ0) is 12.9. The molecule has 0 aliphatic heterocycles. The minimum absolute atomic E-state index is 0.791. The molecule has 3 aromatic heterocycles. The lowest BCUT2D eigenvalue weighted by atomic mass is 10.7. The Labute approximate surface area is 124 Å². The van der Waals surface area contributed by atoms with Crippen LogP contribution in [0.5, 0.6) is 15.2 Å². The van der Waals surface area contributed by atoms with Crippen molar-refractivity contribution in [3.8, 4) is 15.2 Å². The average Bonchev–Trinajstić information content (AvgIpc) is 3.10. The van der Waals surface area contributed by atoms with Gasteiger partial charge < -0.3 is 13.6 Å². The predicted molar refractivity (Wildman–Crippen MR) is 81.8 cm³/mol. The lowest BCUT2D eigenvalue weighted by Gasteiger charge is -2.14. The first-order valence-electron chi connectivity index (χ1n) is 5.35. The quantitative estimate of drug-likeness (QED) is 0.548. The summed E-state index contributed by atoms with van der Waals surface area (Å²) in [5, 5.41) is 8.25. The minimum atomic E-state index is -1.48. The zero-order valence-corrected chi connectivity index (χ0v) is 12.9. The van der Waals surface area contributed by atoms with E-state index in [1.807, 2.05) is 52.5 Å². The normalized spacial score (nSPS) is 10.6. The van der Waals surface area contributed by atoms with Gasteiger partial charge in [-0.2, -0.15) is 0 Å². The maximum Gasteiger partial charge on any atom is 0.532 e. The van der Waals surface area contributed by atoms with E-state index < -0.39 is 8.60 Å². The van der Waals surface area contributed by atoms with E-state index >= 15 is 0 Å². The van der Waals surface area contributed by atoms with Gasteiger partial charge in [0.05, 0.1) is 0 Å². The van der Waals surface area contributed by atoms with E-state index in [2.05, 4.69) is 0 Å². The van der Waals surface area contributed by atoms with E-state index in [1.165, 1.54) is 34.0 Å². The SMILES string of the molecule is c1csc(OP(Oc2cccs2)Oc2cccs2)c1. The van der Waals surface area contributed by atoms with Crippen LogP contribution in [0.1, 0.15) is 0 Å². The van der Waals surface area contributed by atoms with Crippen molar-refractivity contribution in [1.29, 1.82) is 0 Å². The van der Waals surface area contributed by atoms with Crippen molar-refractivity contribution in [2.24, 2.45) is 0 Å². The molecule has 0 N–H and O–H groups in total. The van der Waals surface area contributed by atoms with E-state index in [9.17, 15) is 0 Å². The lowest BCUT2D eigenvalue weighted by molar-refractivity contribution is 0.401. The van der Waals surface area contributed by atoms with Gasteiger partial charge in [-0.25, -0.2) is 0 Å². The Morgan fingerprint density at radius 2 is 1.00 bits per heavy atom. The van der Waals surface area contributed by atoms with Crippen LogP contribution in [0.15, 0.2) is 52.5 Å². The van der Waals surface area contributed by atoms with E-state index in [1.54, 1.807) is 0 Å². The maximum atomic E-state index is 5.75. The van der Waals surface area contributed by atoms with Crippen LogP contribution in [-0.4, -0.2) is 0 Å². The third kappa shape index (κ3) is 3.70. The summed E-state index contributed by atoms with van der Waals surface area (Å²) in [7, 11) is -1.48. The Morgan fingerprint density at radius 3 is 1.26 bits per heavy atom. The zero-order valence-electron chi connectivity index (χ0n) is 9.59. The van der Waals surface area contributed by atoms with Gasteiger partial charge in [-0.3, -0.25) is 0 Å². The number of hydrogen-bond acceptors (Lipinski definition) is 6. The van der Waals surface area contributed by atoms with E-state index in [-0.39, 0.29) is 0 Å². The van der Waals surface area contributed by atoms with Crippen molar-refractivity contribution < 1.29 is 13.6 Å². The average molecular weight is 328 g/mol. The van der Waals surface area contributed by atoms with Crippen molar-refractivity contribution in [3.05, 3.63) is 52.5 Å². The summed E-state index contributed by atoms with van der Waals surface area (Å²) in [6, 6.07) is 11.5. The molecule has 19 heavy (non-hydrogen) atoms. The molecule has 0 amide bonds. The predicted octanol–water partition coefficient (Wildman–Crippen LogP) is 5.63. The van der Waals surface area contributed by atoms with Gasteiger partial charge in [0, 0.05) is 0 Å². The summed E-state index contributed by atoms with van der Waals surface area (Å²) in [4.78, 5) is 0. The molecule has 0 unspecified atom stereocenters. The fraction of sp³-hybridized carbons (Fsp3) is 0. The highest BCUT2D eigenvalue weighted by molar-refractivity contribution is 7.44. The molecule has 0 atom stereocenters. The van der Waals surface area contributed by atoms with Crippen molar-refractivity contribution in [3.63, 3.8) is 0 Å². The largest absolute Gasteiger partial charge is 0.532 e. The second-order valence-corrected chi connectivity index (χ2v) is 7.02. The van der Waals surface area contributed by atoms with Crippen molar-refractivity contribution in [1.82, 2.24) is 0 Å². The van der Waals surface area contributed by atoms with Gasteiger partial charge in [-0.1, -0.05) is 0 Å². The summed E-state index contributed by atoms with van der Waals surface area (Å²) < 4.78 is 17.3. The van der Waals surface area contributed by atoms with Gasteiger partial charge in [0.1, 0.15) is 0 Å². The van der Waals surface area contributed by atoms with Crippen LogP contribution in [0.4, 0.5) is 0 Å². The highest BCUT2D eigenvalue weighted by Gasteiger charge is 2.21. The smallest absolute Gasteiger partial charge is 0.398 e. The van der Waals surface area contributed by atoms with E-state index in [0.29, 0.717) is 0 Å². The van der Waals surface area contributed by atoms with Crippen LogP contribution in [0, 0.1) is 0 Å². The van der Waals surface area contributed by atoms with Gasteiger partial charge in [-0.15, -0.1) is 34.0 Å². The maximum absolute atomic E-state index is 5.75. The van der Waals surface area contributed by atoms with Crippen LogP contribution in [0.3, 0.4) is 0 Å². The molecule has 0 bridgehead atoms. The molecule has 0 aromatic carbocycles. The first kappa shape index (κ1) is 12.9. The molecule has 3 heterocycles. The molecule has 0 radical (unpaired) electrons. The fourth-order valence-corrected chi connectivity index (χ4v) is 4.37. The second kappa shape index (κ2) is 6.39. The molecule has 0 spiro atoms. The molecular formula is C12H9O3PS3. The van der Waals surface area contributed by atoms with Crippen molar-refractivity contribution in [2.75, 3.05) is 0 Å². The second-order valence-electron chi connectivity index (χ2n) is 3.29. The third-order valence-electron chi connectivity index (χ3n) is 1.98. The minimum Gasteiger partial charge on any atom is -0.398 e. The molecule has 0 fully saturated rings. The molecule has 0 saturated heterocycles. The van der Waals surface area contributed by atoms with Gasteiger partial charge in [-0.05, 0) is 52.5 Å². The van der Waals surface area contributed by atoms with Crippen molar-refractivity contribution in [2.45, 2.75) is 0 Å². The molecule has 0 aliphatic rings. The molecule has 3 rings (SSSR count). The van der Waals surface area contributed by atoms with Gasteiger partial charge in [0.15, 0.2) is 15.2 Å². The Hall–Kier alpha value is -1.07. The Morgan fingerprint density at radius 1 is 0.632 bits per heavy atom. The van der Waals surface area contributed by atoms with E-state index in [0.717, 1.165) is 15.2 Å². The molecular weight excluding hydrogens is 319 g/mol. The molecule has 3 nitrogen and oxygen atoms in total. The van der Waals surface area contributed by atoms with Crippen LogP contribution < -0.4 is 13.6 Å². The monoisotopic (exact) mass is 328 g/mol. The highest BCUT2D eigenvalue weighted by atomic mass is 32.1. The van der Waals surface area contributed by atoms with Crippen LogP contribution in [-0.2, 0) is 0 Å².